The molecule has 0 atom stereocenters. The Morgan fingerprint density at radius 1 is 1.19 bits per heavy atom. The fraction of sp³-hybridized carbons (Fsp3) is 0.538. The van der Waals surface area contributed by atoms with E-state index in [1.54, 1.807) is 0 Å². The fourth-order valence-electron chi connectivity index (χ4n) is 1.58. The highest BCUT2D eigenvalue weighted by Crippen LogP contribution is 2.22. The molecule has 90 valence electrons. The van der Waals surface area contributed by atoms with Crippen molar-refractivity contribution in [3.63, 3.8) is 0 Å². The number of hydrogen-bond acceptors (Lipinski definition) is 3. The number of anilines is 2. The van der Waals surface area contributed by atoms with Crippen molar-refractivity contribution >= 4 is 11.4 Å². The molecule has 1 aromatic rings. The van der Waals surface area contributed by atoms with Gasteiger partial charge in [-0.2, -0.15) is 0 Å². The Kier molecular flexibility index (Phi) is 5.54. The highest BCUT2D eigenvalue weighted by molar-refractivity contribution is 5.59. The molecule has 16 heavy (non-hydrogen) atoms. The van der Waals surface area contributed by atoms with E-state index in [2.05, 4.69) is 12.2 Å². The normalized spacial score (nSPS) is 10.1. The van der Waals surface area contributed by atoms with Crippen molar-refractivity contribution in [2.24, 2.45) is 0 Å². The minimum absolute atomic E-state index is 0.665. The second-order valence-electron chi connectivity index (χ2n) is 3.86. The maximum Gasteiger partial charge on any atom is 0.123 e. The highest BCUT2D eigenvalue weighted by atomic mass is 16.5. The number of nitrogen functional groups attached to an aromatic ring is 1. The number of nitrogens with one attached hydrogen (secondary N) is 1. The van der Waals surface area contributed by atoms with Crippen molar-refractivity contribution in [2.75, 3.05) is 24.2 Å². The van der Waals surface area contributed by atoms with Gasteiger partial charge in [-0.1, -0.05) is 19.8 Å². The lowest BCUT2D eigenvalue weighted by Crippen LogP contribution is -2.02. The van der Waals surface area contributed by atoms with Crippen molar-refractivity contribution in [3.8, 4) is 5.75 Å². The first-order valence-corrected chi connectivity index (χ1v) is 6.03. The molecule has 0 saturated carbocycles. The van der Waals surface area contributed by atoms with Gasteiger partial charge in [0.1, 0.15) is 5.75 Å². The first kappa shape index (κ1) is 12.7. The topological polar surface area (TPSA) is 47.3 Å². The predicted octanol–water partition coefficient (Wildman–Crippen LogP) is 3.27. The first-order chi connectivity index (χ1) is 7.76. The molecule has 3 heteroatoms. The molecule has 0 aliphatic carbocycles. The largest absolute Gasteiger partial charge is 0.494 e. The maximum atomic E-state index is 5.80. The Bertz CT molecular complexity index is 313. The first-order valence-electron chi connectivity index (χ1n) is 6.03. The van der Waals surface area contributed by atoms with Crippen LogP contribution in [0.25, 0.3) is 0 Å². The molecule has 0 unspecified atom stereocenters. The zero-order chi connectivity index (χ0) is 11.8. The summed E-state index contributed by atoms with van der Waals surface area (Å²) in [5.74, 6) is 0.834. The average molecular weight is 222 g/mol. The van der Waals surface area contributed by atoms with Crippen molar-refractivity contribution in [2.45, 2.75) is 33.1 Å². The summed E-state index contributed by atoms with van der Waals surface area (Å²) >= 11 is 0. The number of ether oxygens (including phenoxy) is 1. The summed E-state index contributed by atoms with van der Waals surface area (Å²) < 4.78 is 5.43. The minimum atomic E-state index is 0.665. The van der Waals surface area contributed by atoms with Crippen LogP contribution in [0, 0.1) is 0 Å². The summed E-state index contributed by atoms with van der Waals surface area (Å²) in [7, 11) is 0. The van der Waals surface area contributed by atoms with Crippen LogP contribution >= 0.6 is 0 Å². The molecule has 1 rings (SSSR count). The second kappa shape index (κ2) is 6.99. The Morgan fingerprint density at radius 3 is 2.69 bits per heavy atom. The van der Waals surface area contributed by atoms with E-state index in [9.17, 15) is 0 Å². The maximum absolute atomic E-state index is 5.80. The van der Waals surface area contributed by atoms with Crippen LogP contribution in [-0.4, -0.2) is 13.2 Å². The molecule has 0 bridgehead atoms. The van der Waals surface area contributed by atoms with Crippen LogP contribution < -0.4 is 15.8 Å². The van der Waals surface area contributed by atoms with Crippen molar-refractivity contribution in [1.82, 2.24) is 0 Å². The van der Waals surface area contributed by atoms with E-state index in [1.165, 1.54) is 19.3 Å². The third kappa shape index (κ3) is 4.43. The Morgan fingerprint density at radius 2 is 2.00 bits per heavy atom. The molecule has 0 saturated heterocycles. The van der Waals surface area contributed by atoms with Gasteiger partial charge in [0.25, 0.3) is 0 Å². The standard InChI is InChI=1S/C13H22N2O/c1-3-5-6-7-15-12-8-11(14)9-13(10-12)16-4-2/h8-10,15H,3-7,14H2,1-2H3. The smallest absolute Gasteiger partial charge is 0.123 e. The zero-order valence-corrected chi connectivity index (χ0v) is 10.3. The lowest BCUT2D eigenvalue weighted by atomic mass is 10.2. The van der Waals surface area contributed by atoms with E-state index in [0.29, 0.717) is 6.61 Å². The van der Waals surface area contributed by atoms with Gasteiger partial charge < -0.3 is 15.8 Å². The van der Waals surface area contributed by atoms with Crippen molar-refractivity contribution in [1.29, 1.82) is 0 Å². The summed E-state index contributed by atoms with van der Waals surface area (Å²) in [6, 6.07) is 5.78. The molecule has 0 aromatic heterocycles. The van der Waals surface area contributed by atoms with Crippen LogP contribution in [0.5, 0.6) is 5.75 Å². The number of benzene rings is 1. The molecule has 0 fully saturated rings. The van der Waals surface area contributed by atoms with Gasteiger partial charge in [-0.05, 0) is 19.4 Å². The van der Waals surface area contributed by atoms with Crippen molar-refractivity contribution < 1.29 is 4.74 Å². The van der Waals surface area contributed by atoms with E-state index in [1.807, 2.05) is 25.1 Å². The molecule has 1 aromatic carbocycles. The quantitative estimate of drug-likeness (QED) is 0.550. The molecule has 3 nitrogen and oxygen atoms in total. The summed E-state index contributed by atoms with van der Waals surface area (Å²) in [6.07, 6.45) is 3.69. The lowest BCUT2D eigenvalue weighted by molar-refractivity contribution is 0.340. The summed E-state index contributed by atoms with van der Waals surface area (Å²) in [6.45, 7) is 5.83. The molecular formula is C13H22N2O. The van der Waals surface area contributed by atoms with Gasteiger partial charge in [0, 0.05) is 30.1 Å². The van der Waals surface area contributed by atoms with E-state index in [0.717, 1.165) is 23.7 Å². The Balaban J connectivity index is 2.51. The molecular weight excluding hydrogens is 200 g/mol. The molecule has 0 aliphatic heterocycles. The van der Waals surface area contributed by atoms with E-state index < -0.39 is 0 Å². The van der Waals surface area contributed by atoms with Crippen LogP contribution in [-0.2, 0) is 0 Å². The van der Waals surface area contributed by atoms with Crippen LogP contribution in [0.4, 0.5) is 11.4 Å². The molecule has 0 spiro atoms. The average Bonchev–Trinajstić information content (AvgIpc) is 2.24. The van der Waals surface area contributed by atoms with Gasteiger partial charge >= 0.3 is 0 Å². The molecule has 0 amide bonds. The summed E-state index contributed by atoms with van der Waals surface area (Å²) in [5.41, 5.74) is 7.58. The van der Waals surface area contributed by atoms with Crippen LogP contribution in [0.1, 0.15) is 33.1 Å². The van der Waals surface area contributed by atoms with Crippen LogP contribution in [0.2, 0.25) is 0 Å². The third-order valence-electron chi connectivity index (χ3n) is 2.35. The van der Waals surface area contributed by atoms with Crippen molar-refractivity contribution in [3.05, 3.63) is 18.2 Å². The highest BCUT2D eigenvalue weighted by Gasteiger charge is 1.99. The zero-order valence-electron chi connectivity index (χ0n) is 10.3. The van der Waals surface area contributed by atoms with Crippen LogP contribution in [0.3, 0.4) is 0 Å². The SMILES string of the molecule is CCCCCNc1cc(N)cc(OCC)c1. The summed E-state index contributed by atoms with van der Waals surface area (Å²) in [5, 5.41) is 3.36. The van der Waals surface area contributed by atoms with Gasteiger partial charge in [-0.3, -0.25) is 0 Å². The van der Waals surface area contributed by atoms with E-state index >= 15 is 0 Å². The number of unbranched alkanes of at least 4 members (excludes halogenated alkanes) is 2. The fourth-order valence-corrected chi connectivity index (χ4v) is 1.58. The lowest BCUT2D eigenvalue weighted by Gasteiger charge is -2.10. The Labute approximate surface area is 98.0 Å². The number of nitrogens with two attached hydrogens (primary N) is 1. The monoisotopic (exact) mass is 222 g/mol. The van der Waals surface area contributed by atoms with Gasteiger partial charge in [-0.15, -0.1) is 0 Å². The number of hydrogen-bond donors (Lipinski definition) is 2. The van der Waals surface area contributed by atoms with E-state index in [4.69, 9.17) is 10.5 Å². The Hall–Kier alpha value is -1.38. The van der Waals surface area contributed by atoms with Gasteiger partial charge in [0.2, 0.25) is 0 Å². The predicted molar refractivity (Wildman–Crippen MR) is 70.0 cm³/mol. The van der Waals surface area contributed by atoms with Crippen LogP contribution in [0.15, 0.2) is 18.2 Å². The number of rotatable bonds is 7. The minimum Gasteiger partial charge on any atom is -0.494 e. The molecule has 0 aliphatic rings. The summed E-state index contributed by atoms with van der Waals surface area (Å²) in [4.78, 5) is 0. The van der Waals surface area contributed by atoms with Gasteiger partial charge in [-0.25, -0.2) is 0 Å². The molecule has 0 heterocycles. The van der Waals surface area contributed by atoms with E-state index in [-0.39, 0.29) is 0 Å². The molecule has 0 radical (unpaired) electrons. The molecule has 3 N–H and O–H groups in total. The van der Waals surface area contributed by atoms with Gasteiger partial charge in [0.15, 0.2) is 0 Å². The second-order valence-corrected chi connectivity index (χ2v) is 3.86. The third-order valence-corrected chi connectivity index (χ3v) is 2.35. The van der Waals surface area contributed by atoms with Gasteiger partial charge in [0.05, 0.1) is 6.61 Å².